The molecule has 0 saturated heterocycles. The molecular weight excluding hydrogens is 176 g/mol. The topological polar surface area (TPSA) is 97.1 Å². The molecule has 2 heterocycles. The molecule has 0 saturated carbocycles. The van der Waals surface area contributed by atoms with Crippen molar-refractivity contribution in [3.8, 4) is 0 Å². The lowest BCUT2D eigenvalue weighted by atomic mass is 10.2. The van der Waals surface area contributed by atoms with Gasteiger partial charge in [-0.1, -0.05) is 0 Å². The van der Waals surface area contributed by atoms with Crippen molar-refractivity contribution >= 4 is 17.8 Å². The zero-order valence-corrected chi connectivity index (χ0v) is 6.47. The standard InChI is InChI=1S/C6H6N4O3/c11-4(12)1-3-5(13)9-6-7-2-8-10(3)6/h2-3H,1H2,(H,11,12)(H,7,8,9,13)/t3-/m1/s1. The highest BCUT2D eigenvalue weighted by Gasteiger charge is 2.33. The quantitative estimate of drug-likeness (QED) is 0.626. The molecule has 0 aliphatic carbocycles. The van der Waals surface area contributed by atoms with Crippen LogP contribution in [-0.2, 0) is 9.59 Å². The second-order valence-electron chi connectivity index (χ2n) is 2.63. The summed E-state index contributed by atoms with van der Waals surface area (Å²) in [6, 6.07) is -0.769. The maximum atomic E-state index is 11.2. The molecule has 13 heavy (non-hydrogen) atoms. The van der Waals surface area contributed by atoms with Crippen LogP contribution >= 0.6 is 0 Å². The van der Waals surface area contributed by atoms with Crippen LogP contribution in [0, 0.1) is 0 Å². The third-order valence-corrected chi connectivity index (χ3v) is 1.77. The predicted molar refractivity (Wildman–Crippen MR) is 39.9 cm³/mol. The summed E-state index contributed by atoms with van der Waals surface area (Å²) in [7, 11) is 0. The molecule has 2 rings (SSSR count). The second kappa shape index (κ2) is 2.54. The van der Waals surface area contributed by atoms with Gasteiger partial charge in [-0.15, -0.1) is 0 Å². The predicted octanol–water partition coefficient (Wildman–Crippen LogP) is -0.754. The molecule has 68 valence electrons. The molecule has 0 unspecified atom stereocenters. The van der Waals surface area contributed by atoms with E-state index in [-0.39, 0.29) is 12.3 Å². The van der Waals surface area contributed by atoms with E-state index < -0.39 is 12.0 Å². The normalized spacial score (nSPS) is 19.7. The van der Waals surface area contributed by atoms with Gasteiger partial charge < -0.3 is 5.11 Å². The van der Waals surface area contributed by atoms with Gasteiger partial charge in [0.1, 0.15) is 12.4 Å². The zero-order valence-electron chi connectivity index (χ0n) is 6.47. The van der Waals surface area contributed by atoms with E-state index in [1.165, 1.54) is 11.0 Å². The third kappa shape index (κ3) is 1.13. The maximum absolute atomic E-state index is 11.2. The highest BCUT2D eigenvalue weighted by molar-refractivity contribution is 5.97. The molecule has 0 radical (unpaired) electrons. The van der Waals surface area contributed by atoms with Crippen LogP contribution in [0.1, 0.15) is 12.5 Å². The van der Waals surface area contributed by atoms with Gasteiger partial charge in [0.15, 0.2) is 0 Å². The van der Waals surface area contributed by atoms with Crippen molar-refractivity contribution in [2.24, 2.45) is 0 Å². The van der Waals surface area contributed by atoms with Gasteiger partial charge in [0.25, 0.3) is 5.91 Å². The SMILES string of the molecule is O=C(O)C[C@@H]1C(=O)Nc2ncnn21. The number of aromatic nitrogens is 3. The minimum atomic E-state index is -1.04. The number of carboxylic acids is 1. The van der Waals surface area contributed by atoms with Gasteiger partial charge in [-0.3, -0.25) is 14.9 Å². The molecule has 7 heteroatoms. The number of hydrogen-bond donors (Lipinski definition) is 2. The number of nitrogens with zero attached hydrogens (tertiary/aromatic N) is 3. The molecule has 0 spiro atoms. The Hall–Kier alpha value is -1.92. The van der Waals surface area contributed by atoms with Crippen molar-refractivity contribution < 1.29 is 14.7 Å². The molecule has 2 N–H and O–H groups in total. The van der Waals surface area contributed by atoms with Gasteiger partial charge >= 0.3 is 5.97 Å². The van der Waals surface area contributed by atoms with Crippen molar-refractivity contribution in [1.29, 1.82) is 0 Å². The summed E-state index contributed by atoms with van der Waals surface area (Å²) in [5.74, 6) is -1.11. The van der Waals surface area contributed by atoms with E-state index in [1.807, 2.05) is 0 Å². The average Bonchev–Trinajstić information content (AvgIpc) is 2.55. The molecule has 0 aromatic carbocycles. The van der Waals surface area contributed by atoms with Crippen LogP contribution < -0.4 is 5.32 Å². The Morgan fingerprint density at radius 1 is 1.77 bits per heavy atom. The monoisotopic (exact) mass is 182 g/mol. The van der Waals surface area contributed by atoms with E-state index in [2.05, 4.69) is 15.4 Å². The molecule has 0 fully saturated rings. The lowest BCUT2D eigenvalue weighted by Gasteiger charge is -2.03. The van der Waals surface area contributed by atoms with E-state index >= 15 is 0 Å². The summed E-state index contributed by atoms with van der Waals surface area (Å²) in [6.45, 7) is 0. The fourth-order valence-corrected chi connectivity index (χ4v) is 1.22. The molecule has 1 aromatic heterocycles. The van der Waals surface area contributed by atoms with Crippen molar-refractivity contribution in [3.63, 3.8) is 0 Å². The molecule has 1 atom stereocenters. The van der Waals surface area contributed by atoms with E-state index in [9.17, 15) is 9.59 Å². The summed E-state index contributed by atoms with van der Waals surface area (Å²) >= 11 is 0. The Kier molecular flexibility index (Phi) is 1.51. The van der Waals surface area contributed by atoms with E-state index in [0.29, 0.717) is 5.95 Å². The number of carbonyl (C=O) groups excluding carboxylic acids is 1. The van der Waals surface area contributed by atoms with E-state index in [1.54, 1.807) is 0 Å². The van der Waals surface area contributed by atoms with Gasteiger partial charge in [0, 0.05) is 0 Å². The summed E-state index contributed by atoms with van der Waals surface area (Å²) in [5, 5.41) is 14.7. The lowest BCUT2D eigenvalue weighted by Crippen LogP contribution is -2.19. The highest BCUT2D eigenvalue weighted by Crippen LogP contribution is 2.23. The van der Waals surface area contributed by atoms with Crippen LogP contribution in [-0.4, -0.2) is 31.7 Å². The van der Waals surface area contributed by atoms with Crippen LogP contribution in [0.2, 0.25) is 0 Å². The average molecular weight is 182 g/mol. The minimum Gasteiger partial charge on any atom is -0.481 e. The summed E-state index contributed by atoms with van der Waals surface area (Å²) in [4.78, 5) is 25.3. The van der Waals surface area contributed by atoms with Crippen LogP contribution in [0.15, 0.2) is 6.33 Å². The van der Waals surface area contributed by atoms with Crippen LogP contribution in [0.4, 0.5) is 5.95 Å². The second-order valence-corrected chi connectivity index (χ2v) is 2.63. The number of hydrogen-bond acceptors (Lipinski definition) is 4. The van der Waals surface area contributed by atoms with Gasteiger partial charge in [-0.25, -0.2) is 4.68 Å². The molecule has 1 aliphatic rings. The molecule has 0 bridgehead atoms. The summed E-state index contributed by atoms with van der Waals surface area (Å²) < 4.78 is 1.27. The van der Waals surface area contributed by atoms with Crippen molar-refractivity contribution in [3.05, 3.63) is 6.33 Å². The Morgan fingerprint density at radius 2 is 2.54 bits per heavy atom. The van der Waals surface area contributed by atoms with Crippen LogP contribution in [0.3, 0.4) is 0 Å². The number of carbonyl (C=O) groups is 2. The summed E-state index contributed by atoms with van der Waals surface area (Å²) in [5.41, 5.74) is 0. The largest absolute Gasteiger partial charge is 0.481 e. The summed E-state index contributed by atoms with van der Waals surface area (Å²) in [6.07, 6.45) is 0.992. The van der Waals surface area contributed by atoms with E-state index in [4.69, 9.17) is 5.11 Å². The van der Waals surface area contributed by atoms with Crippen molar-refractivity contribution in [2.75, 3.05) is 5.32 Å². The molecule has 7 nitrogen and oxygen atoms in total. The van der Waals surface area contributed by atoms with Crippen molar-refractivity contribution in [2.45, 2.75) is 12.5 Å². The first-order valence-corrected chi connectivity index (χ1v) is 3.60. The van der Waals surface area contributed by atoms with Gasteiger partial charge in [-0.2, -0.15) is 10.1 Å². The van der Waals surface area contributed by atoms with Crippen molar-refractivity contribution in [1.82, 2.24) is 14.8 Å². The Labute approximate surface area is 72.4 Å². The maximum Gasteiger partial charge on any atom is 0.306 e. The Bertz CT molecular complexity index is 372. The van der Waals surface area contributed by atoms with Gasteiger partial charge in [0.05, 0.1) is 6.42 Å². The molecule has 1 aliphatic heterocycles. The fourth-order valence-electron chi connectivity index (χ4n) is 1.22. The highest BCUT2D eigenvalue weighted by atomic mass is 16.4. The molecule has 1 amide bonds. The Morgan fingerprint density at radius 3 is 3.23 bits per heavy atom. The number of anilines is 1. The number of nitrogens with one attached hydrogen (secondary N) is 1. The van der Waals surface area contributed by atoms with Crippen LogP contribution in [0.5, 0.6) is 0 Å². The first kappa shape index (κ1) is 7.71. The van der Waals surface area contributed by atoms with Gasteiger partial charge in [0.2, 0.25) is 5.95 Å². The first-order chi connectivity index (χ1) is 6.18. The number of aliphatic carboxylic acids is 1. The third-order valence-electron chi connectivity index (χ3n) is 1.77. The minimum absolute atomic E-state index is 0.276. The first-order valence-electron chi connectivity index (χ1n) is 3.60. The number of carboxylic acid groups (broad SMARTS) is 1. The Balaban J connectivity index is 2.29. The molecular formula is C6H6N4O3. The smallest absolute Gasteiger partial charge is 0.306 e. The number of rotatable bonds is 2. The fraction of sp³-hybridized carbons (Fsp3) is 0.333. The number of fused-ring (bicyclic) bond motifs is 1. The van der Waals surface area contributed by atoms with Gasteiger partial charge in [-0.05, 0) is 0 Å². The van der Waals surface area contributed by atoms with Crippen LogP contribution in [0.25, 0.3) is 0 Å². The molecule has 1 aromatic rings. The number of amides is 1. The zero-order chi connectivity index (χ0) is 9.42. The van der Waals surface area contributed by atoms with E-state index in [0.717, 1.165) is 0 Å². The lowest BCUT2D eigenvalue weighted by molar-refractivity contribution is -0.139.